The van der Waals surface area contributed by atoms with Crippen LogP contribution in [-0.4, -0.2) is 46.5 Å². The molecule has 1 fully saturated rings. The second-order valence-corrected chi connectivity index (χ2v) is 8.11. The highest BCUT2D eigenvalue weighted by molar-refractivity contribution is 6.35. The summed E-state index contributed by atoms with van der Waals surface area (Å²) in [5, 5.41) is 3.77. The Bertz CT molecular complexity index is 1080. The number of fused-ring (bicyclic) bond motifs is 1. The van der Waals surface area contributed by atoms with Gasteiger partial charge in [0.15, 0.2) is 0 Å². The zero-order valence-electron chi connectivity index (χ0n) is 15.8. The van der Waals surface area contributed by atoms with Gasteiger partial charge < -0.3 is 15.2 Å². The molecule has 1 aliphatic rings. The molecule has 6 nitrogen and oxygen atoms in total. The Morgan fingerprint density at radius 1 is 1.14 bits per heavy atom. The van der Waals surface area contributed by atoms with Crippen LogP contribution in [0.15, 0.2) is 47.3 Å². The Kier molecular flexibility index (Phi) is 5.94. The molecule has 0 atom stereocenters. The molecule has 0 bridgehead atoms. The van der Waals surface area contributed by atoms with Gasteiger partial charge in [0.1, 0.15) is 0 Å². The van der Waals surface area contributed by atoms with Gasteiger partial charge >= 0.3 is 5.69 Å². The Morgan fingerprint density at radius 2 is 1.90 bits per heavy atom. The Hall–Kier alpha value is -2.28. The molecule has 0 aliphatic carbocycles. The molecule has 1 aromatic heterocycles. The number of para-hydroxylation sites is 2. The quantitative estimate of drug-likeness (QED) is 0.645. The molecular weight excluding hydrogens is 411 g/mol. The van der Waals surface area contributed by atoms with Gasteiger partial charge in [-0.2, -0.15) is 0 Å². The van der Waals surface area contributed by atoms with Crippen molar-refractivity contribution < 1.29 is 4.79 Å². The minimum atomic E-state index is -0.224. The second-order valence-electron chi connectivity index (χ2n) is 7.27. The number of nitrogens with zero attached hydrogens (tertiary/aromatic N) is 2. The van der Waals surface area contributed by atoms with Crippen molar-refractivity contribution in [2.75, 3.05) is 26.2 Å². The summed E-state index contributed by atoms with van der Waals surface area (Å²) in [6.07, 6.45) is 1.80. The van der Waals surface area contributed by atoms with E-state index in [2.05, 4.69) is 15.2 Å². The SMILES string of the molecule is O=C(NCCN1CCC(n2c(=O)[nH]c3ccccc32)CC1)c1cc(Cl)ccc1Cl. The predicted octanol–water partition coefficient (Wildman–Crippen LogP) is 3.70. The van der Waals surface area contributed by atoms with Crippen LogP contribution in [0.1, 0.15) is 29.2 Å². The zero-order valence-corrected chi connectivity index (χ0v) is 17.3. The fourth-order valence-corrected chi connectivity index (χ4v) is 4.31. The van der Waals surface area contributed by atoms with E-state index in [4.69, 9.17) is 23.2 Å². The summed E-state index contributed by atoms with van der Waals surface area (Å²) < 4.78 is 1.88. The number of imidazole rings is 1. The van der Waals surface area contributed by atoms with Crippen molar-refractivity contribution in [2.24, 2.45) is 0 Å². The molecule has 1 saturated heterocycles. The normalized spacial score (nSPS) is 15.7. The molecule has 4 rings (SSSR count). The largest absolute Gasteiger partial charge is 0.351 e. The predicted molar refractivity (Wildman–Crippen MR) is 116 cm³/mol. The molecule has 2 aromatic carbocycles. The maximum Gasteiger partial charge on any atom is 0.326 e. The van der Waals surface area contributed by atoms with Gasteiger partial charge in [-0.1, -0.05) is 35.3 Å². The van der Waals surface area contributed by atoms with Crippen molar-refractivity contribution in [1.29, 1.82) is 0 Å². The molecule has 152 valence electrons. The Labute approximate surface area is 178 Å². The van der Waals surface area contributed by atoms with Crippen LogP contribution >= 0.6 is 23.2 Å². The van der Waals surface area contributed by atoms with Gasteiger partial charge in [-0.15, -0.1) is 0 Å². The van der Waals surface area contributed by atoms with Gasteiger partial charge in [-0.3, -0.25) is 9.36 Å². The van der Waals surface area contributed by atoms with E-state index in [1.54, 1.807) is 18.2 Å². The number of likely N-dealkylation sites (tertiary alicyclic amines) is 1. The first kappa shape index (κ1) is 20.0. The number of aromatic amines is 1. The van der Waals surface area contributed by atoms with Gasteiger partial charge in [0, 0.05) is 37.2 Å². The van der Waals surface area contributed by atoms with Gasteiger partial charge in [0.05, 0.1) is 21.6 Å². The molecule has 29 heavy (non-hydrogen) atoms. The first-order valence-corrected chi connectivity index (χ1v) is 10.4. The summed E-state index contributed by atoms with van der Waals surface area (Å²) in [5.41, 5.74) is 2.18. The number of carbonyl (C=O) groups is 1. The summed E-state index contributed by atoms with van der Waals surface area (Å²) in [6, 6.07) is 12.8. The number of nitrogens with one attached hydrogen (secondary N) is 2. The Morgan fingerprint density at radius 3 is 2.69 bits per heavy atom. The topological polar surface area (TPSA) is 70.1 Å². The van der Waals surface area contributed by atoms with Crippen LogP contribution in [0.5, 0.6) is 0 Å². The zero-order chi connectivity index (χ0) is 20.4. The number of H-pyrrole nitrogens is 1. The number of aromatic nitrogens is 2. The number of hydrogen-bond donors (Lipinski definition) is 2. The lowest BCUT2D eigenvalue weighted by Crippen LogP contribution is -2.41. The maximum atomic E-state index is 12.4. The van der Waals surface area contributed by atoms with Gasteiger partial charge in [-0.25, -0.2) is 4.79 Å². The highest BCUT2D eigenvalue weighted by atomic mass is 35.5. The van der Waals surface area contributed by atoms with Gasteiger partial charge in [0.2, 0.25) is 0 Å². The molecule has 2 heterocycles. The number of halogens is 2. The van der Waals surface area contributed by atoms with Crippen LogP contribution in [0.2, 0.25) is 10.0 Å². The summed E-state index contributed by atoms with van der Waals surface area (Å²) in [6.45, 7) is 3.04. The van der Waals surface area contributed by atoms with Crippen LogP contribution in [0.3, 0.4) is 0 Å². The highest BCUT2D eigenvalue weighted by Gasteiger charge is 2.23. The first-order chi connectivity index (χ1) is 14.0. The molecule has 2 N–H and O–H groups in total. The van der Waals surface area contributed by atoms with Crippen molar-refractivity contribution in [1.82, 2.24) is 19.8 Å². The van der Waals surface area contributed by atoms with Crippen molar-refractivity contribution in [3.63, 3.8) is 0 Å². The second kappa shape index (κ2) is 8.61. The van der Waals surface area contributed by atoms with Crippen LogP contribution in [-0.2, 0) is 0 Å². The third-order valence-electron chi connectivity index (χ3n) is 5.43. The number of piperidine rings is 1. The molecule has 3 aromatic rings. The minimum absolute atomic E-state index is 0.0460. The lowest BCUT2D eigenvalue weighted by atomic mass is 10.0. The monoisotopic (exact) mass is 432 g/mol. The first-order valence-electron chi connectivity index (χ1n) is 9.68. The van der Waals surface area contributed by atoms with E-state index < -0.39 is 0 Å². The minimum Gasteiger partial charge on any atom is -0.351 e. The van der Waals surface area contributed by atoms with Crippen LogP contribution < -0.4 is 11.0 Å². The summed E-state index contributed by atoms with van der Waals surface area (Å²) in [7, 11) is 0. The Balaban J connectivity index is 1.30. The average molecular weight is 433 g/mol. The van der Waals surface area contributed by atoms with E-state index >= 15 is 0 Å². The molecule has 0 radical (unpaired) electrons. The number of hydrogen-bond acceptors (Lipinski definition) is 3. The van der Waals surface area contributed by atoms with Crippen molar-refractivity contribution in [3.8, 4) is 0 Å². The molecule has 8 heteroatoms. The van der Waals surface area contributed by atoms with Crippen molar-refractivity contribution >= 4 is 40.1 Å². The summed E-state index contributed by atoms with van der Waals surface area (Å²) >= 11 is 12.0. The number of rotatable bonds is 5. The van der Waals surface area contributed by atoms with Gasteiger partial charge in [-0.05, 0) is 43.2 Å². The summed E-state index contributed by atoms with van der Waals surface area (Å²) in [5.74, 6) is -0.224. The fraction of sp³-hybridized carbons (Fsp3) is 0.333. The van der Waals surface area contributed by atoms with Gasteiger partial charge in [0.25, 0.3) is 5.91 Å². The van der Waals surface area contributed by atoms with E-state index in [9.17, 15) is 9.59 Å². The van der Waals surface area contributed by atoms with E-state index in [0.29, 0.717) is 22.2 Å². The lowest BCUT2D eigenvalue weighted by Gasteiger charge is -2.32. The molecule has 1 amide bonds. The van der Waals surface area contributed by atoms with E-state index in [1.807, 2.05) is 28.8 Å². The van der Waals surface area contributed by atoms with E-state index in [0.717, 1.165) is 43.5 Å². The molecule has 0 spiro atoms. The third-order valence-corrected chi connectivity index (χ3v) is 6.00. The highest BCUT2D eigenvalue weighted by Crippen LogP contribution is 2.24. The molecular formula is C21H22Cl2N4O2. The smallest absolute Gasteiger partial charge is 0.326 e. The molecule has 0 saturated carbocycles. The van der Waals surface area contributed by atoms with Crippen LogP contribution in [0, 0.1) is 0 Å². The van der Waals surface area contributed by atoms with Crippen LogP contribution in [0.25, 0.3) is 11.0 Å². The fourth-order valence-electron chi connectivity index (χ4n) is 3.93. The third kappa shape index (κ3) is 4.34. The number of benzene rings is 2. The standard InChI is InChI=1S/C21H22Cl2N4O2/c22-14-5-6-17(23)16(13-14)20(28)24-9-12-26-10-7-15(8-11-26)27-19-4-2-1-3-18(19)25-21(27)29/h1-6,13,15H,7-12H2,(H,24,28)(H,25,29). The van der Waals surface area contributed by atoms with E-state index in [1.165, 1.54) is 0 Å². The summed E-state index contributed by atoms with van der Waals surface area (Å²) in [4.78, 5) is 29.9. The number of carbonyl (C=O) groups excluding carboxylic acids is 1. The van der Waals surface area contributed by atoms with Crippen molar-refractivity contribution in [3.05, 3.63) is 68.6 Å². The molecule has 0 unspecified atom stereocenters. The number of amides is 1. The average Bonchev–Trinajstić information content (AvgIpc) is 3.06. The van der Waals surface area contributed by atoms with Crippen molar-refractivity contribution in [2.45, 2.75) is 18.9 Å². The molecule has 1 aliphatic heterocycles. The maximum absolute atomic E-state index is 12.4. The van der Waals surface area contributed by atoms with E-state index in [-0.39, 0.29) is 17.6 Å². The van der Waals surface area contributed by atoms with Crippen LogP contribution in [0.4, 0.5) is 0 Å². The lowest BCUT2D eigenvalue weighted by molar-refractivity contribution is 0.0944.